The van der Waals surface area contributed by atoms with E-state index in [9.17, 15) is 5.11 Å². The van der Waals surface area contributed by atoms with Crippen molar-refractivity contribution in [1.29, 1.82) is 0 Å². The zero-order valence-corrected chi connectivity index (χ0v) is 10.2. The average molecular weight is 256 g/mol. The average Bonchev–Trinajstić information content (AvgIpc) is 2.15. The van der Waals surface area contributed by atoms with E-state index in [4.69, 9.17) is 0 Å². The third-order valence-electron chi connectivity index (χ3n) is 2.04. The van der Waals surface area contributed by atoms with E-state index in [-0.39, 0.29) is 0 Å². The van der Waals surface area contributed by atoms with Crippen molar-refractivity contribution < 1.29 is 5.11 Å². The first kappa shape index (κ1) is 11.7. The fraction of sp³-hybridized carbons (Fsp3) is 0.417. The molecule has 0 heterocycles. The molecule has 0 saturated heterocycles. The van der Waals surface area contributed by atoms with Crippen molar-refractivity contribution in [1.82, 2.24) is 0 Å². The number of aliphatic hydroxyl groups excluding tert-OH is 1. The molecule has 0 amide bonds. The van der Waals surface area contributed by atoms with Gasteiger partial charge in [-0.3, -0.25) is 0 Å². The maximum Gasteiger partial charge on any atom is 0.0822 e. The van der Waals surface area contributed by atoms with Crippen molar-refractivity contribution in [2.75, 3.05) is 0 Å². The Morgan fingerprint density at radius 1 is 1.29 bits per heavy atom. The zero-order valence-electron chi connectivity index (χ0n) is 8.57. The lowest BCUT2D eigenvalue weighted by Crippen LogP contribution is -2.00. The summed E-state index contributed by atoms with van der Waals surface area (Å²) >= 11 is 3.36. The summed E-state index contributed by atoms with van der Waals surface area (Å²) in [5.74, 6) is 0.597. The van der Waals surface area contributed by atoms with E-state index in [0.29, 0.717) is 5.92 Å². The molecular weight excluding hydrogens is 240 g/mol. The highest BCUT2D eigenvalue weighted by atomic mass is 79.9. The molecule has 1 aromatic rings. The smallest absolute Gasteiger partial charge is 0.0822 e. The summed E-state index contributed by atoms with van der Waals surface area (Å²) in [4.78, 5) is 0. The molecule has 1 radical (unpaired) electrons. The molecule has 0 fully saturated rings. The van der Waals surface area contributed by atoms with Crippen LogP contribution < -0.4 is 0 Å². The second-order valence-electron chi connectivity index (χ2n) is 3.86. The van der Waals surface area contributed by atoms with Crippen LogP contribution >= 0.6 is 15.9 Å². The van der Waals surface area contributed by atoms with E-state index in [1.807, 2.05) is 30.7 Å². The molecule has 0 aliphatic carbocycles. The summed E-state index contributed by atoms with van der Waals surface area (Å²) in [6.45, 7) is 4.29. The number of rotatable bonds is 4. The highest BCUT2D eigenvalue weighted by Gasteiger charge is 2.08. The van der Waals surface area contributed by atoms with Gasteiger partial charge in [-0.15, -0.1) is 0 Å². The Bertz CT molecular complexity index is 266. The van der Waals surface area contributed by atoms with Gasteiger partial charge >= 0.3 is 0 Å². The van der Waals surface area contributed by atoms with Crippen molar-refractivity contribution in [3.63, 3.8) is 0 Å². The van der Waals surface area contributed by atoms with Gasteiger partial charge in [0.05, 0.1) is 6.10 Å². The summed E-state index contributed by atoms with van der Waals surface area (Å²) in [6, 6.07) is 7.76. The Kier molecular flexibility index (Phi) is 4.63. The van der Waals surface area contributed by atoms with E-state index in [1.54, 1.807) is 0 Å². The minimum atomic E-state index is -0.439. The van der Waals surface area contributed by atoms with Gasteiger partial charge in [-0.25, -0.2) is 0 Å². The standard InChI is InChI=1S/C12H16BrO/c1-9(2)3-8-12(14)10-4-6-11(13)7-5-10/h4-9,12,14H,3H2,1-2H3. The topological polar surface area (TPSA) is 20.2 Å². The summed E-state index contributed by atoms with van der Waals surface area (Å²) in [5.41, 5.74) is 0.953. The number of benzene rings is 1. The largest absolute Gasteiger partial charge is 0.388 e. The molecule has 0 saturated carbocycles. The van der Waals surface area contributed by atoms with Gasteiger partial charge in [-0.2, -0.15) is 0 Å². The lowest BCUT2D eigenvalue weighted by molar-refractivity contribution is 0.204. The summed E-state index contributed by atoms with van der Waals surface area (Å²) < 4.78 is 1.04. The second-order valence-corrected chi connectivity index (χ2v) is 4.78. The third-order valence-corrected chi connectivity index (χ3v) is 2.57. The lowest BCUT2D eigenvalue weighted by atomic mass is 10.0. The molecule has 77 valence electrons. The highest BCUT2D eigenvalue weighted by molar-refractivity contribution is 9.10. The van der Waals surface area contributed by atoms with E-state index < -0.39 is 6.10 Å². The first-order valence-corrected chi connectivity index (χ1v) is 5.65. The van der Waals surface area contributed by atoms with E-state index >= 15 is 0 Å². The highest BCUT2D eigenvalue weighted by Crippen LogP contribution is 2.21. The van der Waals surface area contributed by atoms with Crippen molar-refractivity contribution in [3.05, 3.63) is 40.7 Å². The molecule has 1 rings (SSSR count). The van der Waals surface area contributed by atoms with E-state index in [2.05, 4.69) is 29.8 Å². The molecule has 0 aliphatic rings. The minimum absolute atomic E-state index is 0.439. The van der Waals surface area contributed by atoms with Crippen LogP contribution in [0.3, 0.4) is 0 Å². The summed E-state index contributed by atoms with van der Waals surface area (Å²) in [7, 11) is 0. The van der Waals surface area contributed by atoms with Gasteiger partial charge in [-0.05, 0) is 36.5 Å². The molecule has 14 heavy (non-hydrogen) atoms. The predicted molar refractivity (Wildman–Crippen MR) is 62.9 cm³/mol. The van der Waals surface area contributed by atoms with Crippen molar-refractivity contribution in [2.24, 2.45) is 5.92 Å². The van der Waals surface area contributed by atoms with Gasteiger partial charge in [0, 0.05) is 4.47 Å². The Morgan fingerprint density at radius 2 is 1.86 bits per heavy atom. The van der Waals surface area contributed by atoms with Crippen LogP contribution in [0.5, 0.6) is 0 Å². The molecule has 0 spiro atoms. The van der Waals surface area contributed by atoms with Crippen molar-refractivity contribution >= 4 is 15.9 Å². The van der Waals surface area contributed by atoms with Crippen LogP contribution in [0.2, 0.25) is 0 Å². The molecule has 0 aliphatic heterocycles. The molecule has 1 unspecified atom stereocenters. The SMILES string of the molecule is CC(C)C[CH]C(O)c1ccc(Br)cc1. The third kappa shape index (κ3) is 3.81. The summed E-state index contributed by atoms with van der Waals surface area (Å²) in [6.07, 6.45) is 2.45. The molecule has 0 bridgehead atoms. The first-order chi connectivity index (χ1) is 6.59. The quantitative estimate of drug-likeness (QED) is 0.870. The summed E-state index contributed by atoms with van der Waals surface area (Å²) in [5, 5.41) is 9.79. The number of hydrogen-bond donors (Lipinski definition) is 1. The maximum absolute atomic E-state index is 9.79. The zero-order chi connectivity index (χ0) is 10.6. The molecule has 2 heteroatoms. The first-order valence-electron chi connectivity index (χ1n) is 4.86. The van der Waals surface area contributed by atoms with Gasteiger partial charge in [0.2, 0.25) is 0 Å². The van der Waals surface area contributed by atoms with E-state index in [1.165, 1.54) is 0 Å². The molecule has 1 nitrogen and oxygen atoms in total. The lowest BCUT2D eigenvalue weighted by Gasteiger charge is -2.11. The molecular formula is C12H16BrO. The van der Waals surface area contributed by atoms with Crippen molar-refractivity contribution in [3.8, 4) is 0 Å². The van der Waals surface area contributed by atoms with Crippen LogP contribution in [0.15, 0.2) is 28.7 Å². The number of hydrogen-bond acceptors (Lipinski definition) is 1. The number of aliphatic hydroxyl groups is 1. The van der Waals surface area contributed by atoms with Crippen LogP contribution in [-0.2, 0) is 0 Å². The fourth-order valence-electron chi connectivity index (χ4n) is 1.20. The van der Waals surface area contributed by atoms with Crippen LogP contribution in [0.4, 0.5) is 0 Å². The fourth-order valence-corrected chi connectivity index (χ4v) is 1.46. The Morgan fingerprint density at radius 3 is 2.36 bits per heavy atom. The van der Waals surface area contributed by atoms with Gasteiger partial charge in [-0.1, -0.05) is 41.9 Å². The van der Waals surface area contributed by atoms with Crippen LogP contribution in [0.1, 0.15) is 31.9 Å². The Balaban J connectivity index is 2.52. The monoisotopic (exact) mass is 255 g/mol. The van der Waals surface area contributed by atoms with Gasteiger partial charge in [0.1, 0.15) is 0 Å². The predicted octanol–water partition coefficient (Wildman–Crippen LogP) is 3.73. The van der Waals surface area contributed by atoms with Gasteiger partial charge in [0.25, 0.3) is 0 Å². The van der Waals surface area contributed by atoms with E-state index in [0.717, 1.165) is 16.5 Å². The second kappa shape index (κ2) is 5.52. The minimum Gasteiger partial charge on any atom is -0.388 e. The van der Waals surface area contributed by atoms with Gasteiger partial charge < -0.3 is 5.11 Å². The maximum atomic E-state index is 9.79. The van der Waals surface area contributed by atoms with Crippen LogP contribution in [-0.4, -0.2) is 5.11 Å². The van der Waals surface area contributed by atoms with Crippen molar-refractivity contribution in [2.45, 2.75) is 26.4 Å². The molecule has 1 aromatic carbocycles. The molecule has 1 atom stereocenters. The molecule has 1 N–H and O–H groups in total. The van der Waals surface area contributed by atoms with Gasteiger partial charge in [0.15, 0.2) is 0 Å². The Labute approximate surface area is 94.3 Å². The normalized spacial score (nSPS) is 13.2. The molecule has 0 aromatic heterocycles. The van der Waals surface area contributed by atoms with Crippen LogP contribution in [0, 0.1) is 12.3 Å². The number of halogens is 1. The van der Waals surface area contributed by atoms with Crippen LogP contribution in [0.25, 0.3) is 0 Å². The Hall–Kier alpha value is -0.340.